The lowest BCUT2D eigenvalue weighted by Gasteiger charge is -2.26. The minimum absolute atomic E-state index is 0.0515. The van der Waals surface area contributed by atoms with Gasteiger partial charge in [-0.3, -0.25) is 14.6 Å². The van der Waals surface area contributed by atoms with Crippen molar-refractivity contribution in [2.24, 2.45) is 0 Å². The van der Waals surface area contributed by atoms with Crippen molar-refractivity contribution in [3.63, 3.8) is 0 Å². The van der Waals surface area contributed by atoms with E-state index in [1.807, 2.05) is 43.3 Å². The molecule has 1 aliphatic heterocycles. The Morgan fingerprint density at radius 2 is 1.71 bits per heavy atom. The van der Waals surface area contributed by atoms with Gasteiger partial charge in [0.05, 0.1) is 18.2 Å². The van der Waals surface area contributed by atoms with Gasteiger partial charge in [-0.05, 0) is 72.5 Å². The summed E-state index contributed by atoms with van der Waals surface area (Å²) in [5.74, 6) is -1.06. The Labute approximate surface area is 238 Å². The molecule has 41 heavy (non-hydrogen) atoms. The Bertz CT molecular complexity index is 1600. The molecule has 0 aliphatic carbocycles. The highest BCUT2D eigenvalue weighted by Gasteiger charge is 2.46. The van der Waals surface area contributed by atoms with E-state index in [9.17, 15) is 19.8 Å². The third-order valence-electron chi connectivity index (χ3n) is 6.90. The highest BCUT2D eigenvalue weighted by atomic mass is 16.5. The maximum Gasteiger partial charge on any atom is 0.295 e. The van der Waals surface area contributed by atoms with Gasteiger partial charge in [0, 0.05) is 24.5 Å². The van der Waals surface area contributed by atoms with Crippen LogP contribution in [0.2, 0.25) is 0 Å². The predicted molar refractivity (Wildman–Crippen MR) is 153 cm³/mol. The summed E-state index contributed by atoms with van der Waals surface area (Å²) in [4.78, 5) is 32.4. The number of aromatic nitrogens is 1. The summed E-state index contributed by atoms with van der Waals surface area (Å²) in [6.07, 6.45) is 3.25. The standard InChI is InChI=1S/C33H30N2O6/c1-3-40-28-17-24(11-13-26(28)36)30-29(32(38)33(39)35(30)19-23-10-7-15-34-18-23)31(37)25-12-14-27(21(2)16-25)41-20-22-8-5-4-6-9-22/h4-18,30,36-37H,3,19-20H2,1-2H3/t30-/m1/s1. The molecule has 2 heterocycles. The highest BCUT2D eigenvalue weighted by Crippen LogP contribution is 2.42. The van der Waals surface area contributed by atoms with E-state index in [1.165, 1.54) is 11.0 Å². The number of Topliss-reactive ketones (excluding diaryl/α,β-unsaturated/α-hetero) is 1. The van der Waals surface area contributed by atoms with Crippen molar-refractivity contribution in [2.45, 2.75) is 33.0 Å². The molecule has 8 nitrogen and oxygen atoms in total. The van der Waals surface area contributed by atoms with Crippen LogP contribution in [-0.2, 0) is 22.7 Å². The van der Waals surface area contributed by atoms with Crippen LogP contribution in [0.5, 0.6) is 17.2 Å². The number of aliphatic hydroxyl groups is 1. The molecule has 0 bridgehead atoms. The van der Waals surface area contributed by atoms with Crippen molar-refractivity contribution in [1.29, 1.82) is 0 Å². The summed E-state index contributed by atoms with van der Waals surface area (Å²) in [5, 5.41) is 21.8. The molecule has 1 aliphatic rings. The zero-order valence-electron chi connectivity index (χ0n) is 22.8. The van der Waals surface area contributed by atoms with Crippen molar-refractivity contribution in [1.82, 2.24) is 9.88 Å². The summed E-state index contributed by atoms with van der Waals surface area (Å²) in [7, 11) is 0. The average Bonchev–Trinajstić information content (AvgIpc) is 3.23. The van der Waals surface area contributed by atoms with Gasteiger partial charge < -0.3 is 24.6 Å². The van der Waals surface area contributed by atoms with E-state index in [2.05, 4.69) is 4.98 Å². The second kappa shape index (κ2) is 12.0. The number of aryl methyl sites for hydroxylation is 1. The van der Waals surface area contributed by atoms with Crippen LogP contribution in [0.25, 0.3) is 5.76 Å². The highest BCUT2D eigenvalue weighted by molar-refractivity contribution is 6.46. The third-order valence-corrected chi connectivity index (χ3v) is 6.90. The first-order chi connectivity index (χ1) is 19.9. The van der Waals surface area contributed by atoms with Crippen LogP contribution in [0.1, 0.15) is 40.8 Å². The monoisotopic (exact) mass is 550 g/mol. The van der Waals surface area contributed by atoms with Crippen LogP contribution in [0.15, 0.2) is 96.8 Å². The van der Waals surface area contributed by atoms with Gasteiger partial charge in [0.25, 0.3) is 11.7 Å². The Hall–Kier alpha value is -5.11. The van der Waals surface area contributed by atoms with Crippen molar-refractivity contribution >= 4 is 17.4 Å². The van der Waals surface area contributed by atoms with E-state index in [0.29, 0.717) is 30.1 Å². The number of aromatic hydroxyl groups is 1. The van der Waals surface area contributed by atoms with E-state index < -0.39 is 17.7 Å². The molecule has 0 radical (unpaired) electrons. The molecule has 5 rings (SSSR count). The molecule has 1 fully saturated rings. The normalized spacial score (nSPS) is 16.1. The zero-order valence-corrected chi connectivity index (χ0v) is 22.8. The number of ketones is 1. The molecule has 0 saturated carbocycles. The van der Waals surface area contributed by atoms with Gasteiger partial charge in [0.15, 0.2) is 11.5 Å². The first-order valence-electron chi connectivity index (χ1n) is 13.3. The molecular formula is C33H30N2O6. The maximum atomic E-state index is 13.5. The minimum Gasteiger partial charge on any atom is -0.507 e. The summed E-state index contributed by atoms with van der Waals surface area (Å²) in [6, 6.07) is 22.2. The molecule has 1 saturated heterocycles. The van der Waals surface area contributed by atoms with E-state index in [1.54, 1.807) is 55.7 Å². The summed E-state index contributed by atoms with van der Waals surface area (Å²) in [6.45, 7) is 4.43. The van der Waals surface area contributed by atoms with Crippen LogP contribution in [0.4, 0.5) is 0 Å². The van der Waals surface area contributed by atoms with Crippen LogP contribution < -0.4 is 9.47 Å². The van der Waals surface area contributed by atoms with E-state index >= 15 is 0 Å². The molecule has 208 valence electrons. The molecule has 4 aromatic rings. The first kappa shape index (κ1) is 27.5. The summed E-state index contributed by atoms with van der Waals surface area (Å²) >= 11 is 0. The second-order valence-corrected chi connectivity index (χ2v) is 9.70. The Morgan fingerprint density at radius 3 is 2.41 bits per heavy atom. The van der Waals surface area contributed by atoms with E-state index in [0.717, 1.165) is 16.7 Å². The van der Waals surface area contributed by atoms with Crippen LogP contribution in [0.3, 0.4) is 0 Å². The lowest BCUT2D eigenvalue weighted by Crippen LogP contribution is -2.29. The first-order valence-corrected chi connectivity index (χ1v) is 13.3. The molecular weight excluding hydrogens is 520 g/mol. The predicted octanol–water partition coefficient (Wildman–Crippen LogP) is 5.70. The van der Waals surface area contributed by atoms with Gasteiger partial charge in [0.1, 0.15) is 18.1 Å². The fraction of sp³-hybridized carbons (Fsp3) is 0.182. The topological polar surface area (TPSA) is 109 Å². The number of benzene rings is 3. The number of hydrogen-bond donors (Lipinski definition) is 2. The van der Waals surface area contributed by atoms with Crippen LogP contribution in [-0.4, -0.2) is 38.4 Å². The van der Waals surface area contributed by atoms with Gasteiger partial charge in [-0.15, -0.1) is 0 Å². The number of amides is 1. The SMILES string of the molecule is CCOc1cc([C@@H]2C(=C(O)c3ccc(OCc4ccccc4)c(C)c3)C(=O)C(=O)N2Cc2cccnc2)ccc1O. The van der Waals surface area contributed by atoms with Gasteiger partial charge in [-0.25, -0.2) is 0 Å². The summed E-state index contributed by atoms with van der Waals surface area (Å²) < 4.78 is 11.5. The second-order valence-electron chi connectivity index (χ2n) is 9.70. The number of hydrogen-bond acceptors (Lipinski definition) is 7. The number of carbonyl (C=O) groups is 2. The number of ether oxygens (including phenoxy) is 2. The van der Waals surface area contributed by atoms with E-state index in [4.69, 9.17) is 9.47 Å². The smallest absolute Gasteiger partial charge is 0.295 e. The number of rotatable bonds is 9. The zero-order chi connectivity index (χ0) is 28.9. The third kappa shape index (κ3) is 5.77. The van der Waals surface area contributed by atoms with Crippen molar-refractivity contribution < 1.29 is 29.3 Å². The minimum atomic E-state index is -0.927. The number of aliphatic hydroxyl groups excluding tert-OH is 1. The quantitative estimate of drug-likeness (QED) is 0.156. The van der Waals surface area contributed by atoms with Gasteiger partial charge in [0.2, 0.25) is 0 Å². The van der Waals surface area contributed by atoms with Crippen molar-refractivity contribution in [3.05, 3.63) is 125 Å². The molecule has 8 heteroatoms. The number of pyridine rings is 1. The fourth-order valence-corrected chi connectivity index (χ4v) is 4.90. The van der Waals surface area contributed by atoms with Crippen LogP contribution in [0, 0.1) is 6.92 Å². The van der Waals surface area contributed by atoms with E-state index in [-0.39, 0.29) is 29.4 Å². The molecule has 3 aromatic carbocycles. The molecule has 2 N–H and O–H groups in total. The van der Waals surface area contributed by atoms with Crippen molar-refractivity contribution in [3.8, 4) is 17.2 Å². The number of likely N-dealkylation sites (tertiary alicyclic amines) is 1. The van der Waals surface area contributed by atoms with Crippen LogP contribution >= 0.6 is 0 Å². The molecule has 1 amide bonds. The number of nitrogens with zero attached hydrogens (tertiary/aromatic N) is 2. The number of phenols is 1. The fourth-order valence-electron chi connectivity index (χ4n) is 4.90. The number of carbonyl (C=O) groups excluding carboxylic acids is 2. The van der Waals surface area contributed by atoms with Gasteiger partial charge in [-0.2, -0.15) is 0 Å². The molecule has 0 unspecified atom stereocenters. The van der Waals surface area contributed by atoms with Gasteiger partial charge in [-0.1, -0.05) is 42.5 Å². The maximum absolute atomic E-state index is 13.5. The average molecular weight is 551 g/mol. The Morgan fingerprint density at radius 1 is 0.927 bits per heavy atom. The molecule has 1 aromatic heterocycles. The Kier molecular flexibility index (Phi) is 8.01. The lowest BCUT2D eigenvalue weighted by atomic mass is 9.94. The number of phenolic OH excluding ortho intramolecular Hbond substituents is 1. The Balaban J connectivity index is 1.55. The van der Waals surface area contributed by atoms with Gasteiger partial charge >= 0.3 is 0 Å². The molecule has 1 atom stereocenters. The summed E-state index contributed by atoms with van der Waals surface area (Å²) in [5.41, 5.74) is 3.34. The van der Waals surface area contributed by atoms with Crippen molar-refractivity contribution in [2.75, 3.05) is 6.61 Å². The largest absolute Gasteiger partial charge is 0.507 e. The molecule has 0 spiro atoms. The lowest BCUT2D eigenvalue weighted by molar-refractivity contribution is -0.140.